The number of hydrazone groups is 1. The van der Waals surface area contributed by atoms with Crippen LogP contribution in [-0.4, -0.2) is 44.7 Å². The first-order valence-corrected chi connectivity index (χ1v) is 13.7. The first-order chi connectivity index (χ1) is 16.8. The molecule has 1 aliphatic rings. The van der Waals surface area contributed by atoms with Crippen molar-refractivity contribution in [3.63, 3.8) is 0 Å². The number of aryl methyl sites for hydroxylation is 2. The van der Waals surface area contributed by atoms with E-state index in [1.165, 1.54) is 18.3 Å². The highest BCUT2D eigenvalue weighted by Crippen LogP contribution is 2.28. The molecule has 4 rings (SSSR count). The second-order valence-electron chi connectivity index (χ2n) is 8.26. The number of nitrogens with zero attached hydrogens (tertiary/aromatic N) is 2. The van der Waals surface area contributed by atoms with Gasteiger partial charge in [0.25, 0.3) is 15.9 Å². The highest BCUT2D eigenvalue weighted by Gasteiger charge is 2.28. The molecule has 0 aromatic heterocycles. The summed E-state index contributed by atoms with van der Waals surface area (Å²) < 4.78 is 34.0. The van der Waals surface area contributed by atoms with Crippen LogP contribution in [0.3, 0.4) is 0 Å². The molecule has 0 aliphatic carbocycles. The highest BCUT2D eigenvalue weighted by molar-refractivity contribution is 8.00. The fraction of sp³-hybridized carbons (Fsp3) is 0.231. The Kier molecular flexibility index (Phi) is 7.77. The SMILES string of the molecule is Cc1ccc(C)c(N(CC(=O)N/N=C/c2cccc(OC3CSC3)c2)S(=O)(=O)c2ccccc2)c1. The van der Waals surface area contributed by atoms with Gasteiger partial charge in [0.1, 0.15) is 18.4 Å². The largest absolute Gasteiger partial charge is 0.489 e. The summed E-state index contributed by atoms with van der Waals surface area (Å²) in [6.45, 7) is 3.28. The molecule has 1 fully saturated rings. The lowest BCUT2D eigenvalue weighted by Gasteiger charge is -2.26. The predicted octanol–water partition coefficient (Wildman–Crippen LogP) is 4.14. The van der Waals surface area contributed by atoms with Crippen LogP contribution in [0.1, 0.15) is 16.7 Å². The predicted molar refractivity (Wildman–Crippen MR) is 141 cm³/mol. The molecule has 0 unspecified atom stereocenters. The van der Waals surface area contributed by atoms with Crippen molar-refractivity contribution in [3.8, 4) is 5.75 Å². The van der Waals surface area contributed by atoms with E-state index in [4.69, 9.17) is 4.74 Å². The molecular formula is C26H27N3O4S2. The van der Waals surface area contributed by atoms with E-state index in [0.717, 1.165) is 38.3 Å². The van der Waals surface area contributed by atoms with Crippen molar-refractivity contribution in [1.82, 2.24) is 5.43 Å². The molecular weight excluding hydrogens is 482 g/mol. The lowest BCUT2D eigenvalue weighted by Crippen LogP contribution is -2.40. The molecule has 182 valence electrons. The van der Waals surface area contributed by atoms with Gasteiger partial charge >= 0.3 is 0 Å². The van der Waals surface area contributed by atoms with Crippen LogP contribution in [0.5, 0.6) is 5.75 Å². The lowest BCUT2D eigenvalue weighted by atomic mass is 10.1. The van der Waals surface area contributed by atoms with Crippen LogP contribution in [0.15, 0.2) is 82.8 Å². The van der Waals surface area contributed by atoms with Crippen LogP contribution in [0.2, 0.25) is 0 Å². The normalized spacial score (nSPS) is 13.9. The molecule has 7 nitrogen and oxygen atoms in total. The number of anilines is 1. The number of carbonyl (C=O) groups excluding carboxylic acids is 1. The third-order valence-corrected chi connectivity index (χ3v) is 8.41. The Morgan fingerprint density at radius 3 is 2.57 bits per heavy atom. The summed E-state index contributed by atoms with van der Waals surface area (Å²) in [5, 5.41) is 4.03. The maximum absolute atomic E-state index is 13.5. The topological polar surface area (TPSA) is 88.1 Å². The van der Waals surface area contributed by atoms with Crippen LogP contribution >= 0.6 is 11.8 Å². The number of sulfonamides is 1. The van der Waals surface area contributed by atoms with E-state index >= 15 is 0 Å². The first kappa shape index (κ1) is 24.8. The number of ether oxygens (including phenoxy) is 1. The van der Waals surface area contributed by atoms with Gasteiger partial charge in [0, 0.05) is 11.5 Å². The zero-order valence-electron chi connectivity index (χ0n) is 19.5. The molecule has 1 heterocycles. The van der Waals surface area contributed by atoms with Crippen molar-refractivity contribution in [3.05, 3.63) is 89.5 Å². The Morgan fingerprint density at radius 2 is 1.86 bits per heavy atom. The quantitative estimate of drug-likeness (QED) is 0.346. The summed E-state index contributed by atoms with van der Waals surface area (Å²) >= 11 is 1.84. The molecule has 3 aromatic rings. The van der Waals surface area contributed by atoms with Crippen LogP contribution in [0.4, 0.5) is 5.69 Å². The van der Waals surface area contributed by atoms with E-state index in [1.807, 2.05) is 62.0 Å². The van der Waals surface area contributed by atoms with E-state index < -0.39 is 22.5 Å². The van der Waals surface area contributed by atoms with Gasteiger partial charge < -0.3 is 4.74 Å². The number of benzene rings is 3. The van der Waals surface area contributed by atoms with Crippen LogP contribution in [0, 0.1) is 13.8 Å². The zero-order chi connectivity index (χ0) is 24.8. The molecule has 1 aliphatic heterocycles. The summed E-state index contributed by atoms with van der Waals surface area (Å²) in [5.74, 6) is 2.16. The van der Waals surface area contributed by atoms with Crippen LogP contribution in [-0.2, 0) is 14.8 Å². The molecule has 0 radical (unpaired) electrons. The molecule has 0 saturated carbocycles. The van der Waals surface area contributed by atoms with Gasteiger partial charge in [-0.25, -0.2) is 13.8 Å². The zero-order valence-corrected chi connectivity index (χ0v) is 21.2. The van der Waals surface area contributed by atoms with Crippen molar-refractivity contribution in [2.75, 3.05) is 22.4 Å². The van der Waals surface area contributed by atoms with Gasteiger partial charge in [-0.05, 0) is 60.9 Å². The van der Waals surface area contributed by atoms with Crippen molar-refractivity contribution >= 4 is 39.6 Å². The molecule has 9 heteroatoms. The van der Waals surface area contributed by atoms with E-state index in [9.17, 15) is 13.2 Å². The number of carbonyl (C=O) groups is 1. The minimum Gasteiger partial charge on any atom is -0.489 e. The summed E-state index contributed by atoms with van der Waals surface area (Å²) in [4.78, 5) is 12.9. The molecule has 35 heavy (non-hydrogen) atoms. The number of amides is 1. The molecule has 0 spiro atoms. The Hall–Kier alpha value is -3.30. The second-order valence-corrected chi connectivity index (χ2v) is 11.2. The van der Waals surface area contributed by atoms with Gasteiger partial charge in [0.2, 0.25) is 0 Å². The maximum Gasteiger partial charge on any atom is 0.264 e. The van der Waals surface area contributed by atoms with Crippen LogP contribution in [0.25, 0.3) is 0 Å². The van der Waals surface area contributed by atoms with Gasteiger partial charge in [0.05, 0.1) is 16.8 Å². The minimum absolute atomic E-state index is 0.110. The number of hydrogen-bond acceptors (Lipinski definition) is 6. The lowest BCUT2D eigenvalue weighted by molar-refractivity contribution is -0.119. The summed E-state index contributed by atoms with van der Waals surface area (Å²) in [7, 11) is -3.98. The molecule has 0 bridgehead atoms. The summed E-state index contributed by atoms with van der Waals surface area (Å²) in [6.07, 6.45) is 1.74. The highest BCUT2D eigenvalue weighted by atomic mass is 32.2. The Balaban J connectivity index is 1.51. The monoisotopic (exact) mass is 509 g/mol. The van der Waals surface area contributed by atoms with E-state index in [0.29, 0.717) is 5.69 Å². The molecule has 1 amide bonds. The molecule has 1 saturated heterocycles. The Morgan fingerprint density at radius 1 is 1.09 bits per heavy atom. The van der Waals surface area contributed by atoms with Crippen molar-refractivity contribution in [1.29, 1.82) is 0 Å². The molecule has 3 aromatic carbocycles. The average Bonchev–Trinajstić information content (AvgIpc) is 2.82. The van der Waals surface area contributed by atoms with E-state index in [-0.39, 0.29) is 11.0 Å². The van der Waals surface area contributed by atoms with Gasteiger partial charge in [-0.2, -0.15) is 16.9 Å². The van der Waals surface area contributed by atoms with Gasteiger partial charge in [-0.1, -0.05) is 42.5 Å². The minimum atomic E-state index is -3.98. The smallest absolute Gasteiger partial charge is 0.264 e. The molecule has 1 N–H and O–H groups in total. The first-order valence-electron chi connectivity index (χ1n) is 11.1. The fourth-order valence-corrected chi connectivity index (χ4v) is 5.56. The van der Waals surface area contributed by atoms with Crippen molar-refractivity contribution < 1.29 is 17.9 Å². The standard InChI is InChI=1S/C26H27N3O4S2/c1-19-11-12-20(2)25(13-19)29(35(31,32)24-9-4-3-5-10-24)16-26(30)28-27-15-21-7-6-8-22(14-21)33-23-17-34-18-23/h3-15,23H,16-18H2,1-2H3,(H,28,30)/b27-15+. The number of rotatable bonds is 9. The van der Waals surface area contributed by atoms with Crippen molar-refractivity contribution in [2.45, 2.75) is 24.8 Å². The van der Waals surface area contributed by atoms with Crippen molar-refractivity contribution in [2.24, 2.45) is 5.10 Å². The summed E-state index contributed by atoms with van der Waals surface area (Å²) in [6, 6.07) is 21.0. The fourth-order valence-electron chi connectivity index (χ4n) is 3.49. The number of thioether (sulfide) groups is 1. The Labute approximate surface area is 210 Å². The number of nitrogens with one attached hydrogen (secondary N) is 1. The van der Waals surface area contributed by atoms with E-state index in [1.54, 1.807) is 24.3 Å². The molecule has 0 atom stereocenters. The maximum atomic E-state index is 13.5. The third kappa shape index (κ3) is 6.23. The number of hydrogen-bond donors (Lipinski definition) is 1. The average molecular weight is 510 g/mol. The second kappa shape index (κ2) is 11.0. The Bertz CT molecular complexity index is 1320. The summed E-state index contributed by atoms with van der Waals surface area (Å²) in [5.41, 5.74) is 5.30. The van der Waals surface area contributed by atoms with E-state index in [2.05, 4.69) is 10.5 Å². The third-order valence-electron chi connectivity index (χ3n) is 5.42. The van der Waals surface area contributed by atoms with Gasteiger partial charge in [-0.3, -0.25) is 9.10 Å². The van der Waals surface area contributed by atoms with Gasteiger partial charge in [0.15, 0.2) is 0 Å². The van der Waals surface area contributed by atoms with Crippen LogP contribution < -0.4 is 14.5 Å². The van der Waals surface area contributed by atoms with Gasteiger partial charge in [-0.15, -0.1) is 0 Å².